The van der Waals surface area contributed by atoms with Gasteiger partial charge in [-0.3, -0.25) is 4.79 Å². The SMILES string of the molecule is COc1ccc(SCCCC(=O)O)cc1OC. The highest BCUT2D eigenvalue weighted by Crippen LogP contribution is 2.32. The molecule has 0 spiro atoms. The van der Waals surface area contributed by atoms with E-state index >= 15 is 0 Å². The molecule has 0 aliphatic rings. The lowest BCUT2D eigenvalue weighted by molar-refractivity contribution is -0.137. The van der Waals surface area contributed by atoms with Gasteiger partial charge in [-0.1, -0.05) is 0 Å². The summed E-state index contributed by atoms with van der Waals surface area (Å²) in [4.78, 5) is 11.4. The first-order valence-electron chi connectivity index (χ1n) is 5.24. The highest BCUT2D eigenvalue weighted by Gasteiger charge is 2.05. The summed E-state index contributed by atoms with van der Waals surface area (Å²) in [6.07, 6.45) is 0.870. The molecule has 1 aromatic carbocycles. The van der Waals surface area contributed by atoms with Crippen molar-refractivity contribution in [2.45, 2.75) is 17.7 Å². The molecule has 0 bridgehead atoms. The third kappa shape index (κ3) is 4.56. The highest BCUT2D eigenvalue weighted by atomic mass is 32.2. The third-order valence-electron chi connectivity index (χ3n) is 2.16. The Morgan fingerprint density at radius 3 is 2.59 bits per heavy atom. The van der Waals surface area contributed by atoms with Gasteiger partial charge in [-0.25, -0.2) is 0 Å². The van der Waals surface area contributed by atoms with Gasteiger partial charge in [0.05, 0.1) is 14.2 Å². The normalized spacial score (nSPS) is 10.0. The van der Waals surface area contributed by atoms with Crippen LogP contribution in [-0.2, 0) is 4.79 Å². The molecular formula is C12H16O4S. The molecule has 0 heterocycles. The van der Waals surface area contributed by atoms with Crippen LogP contribution in [0.5, 0.6) is 11.5 Å². The number of methoxy groups -OCH3 is 2. The van der Waals surface area contributed by atoms with Crippen molar-refractivity contribution in [2.24, 2.45) is 0 Å². The van der Waals surface area contributed by atoms with Crippen LogP contribution in [0.2, 0.25) is 0 Å². The summed E-state index contributed by atoms with van der Waals surface area (Å²) in [6.45, 7) is 0. The van der Waals surface area contributed by atoms with Gasteiger partial charge in [0.25, 0.3) is 0 Å². The maximum atomic E-state index is 10.3. The zero-order valence-electron chi connectivity index (χ0n) is 9.93. The standard InChI is InChI=1S/C12H16O4S/c1-15-10-6-5-9(8-11(10)16-2)17-7-3-4-12(13)14/h5-6,8H,3-4,7H2,1-2H3,(H,13,14). The van der Waals surface area contributed by atoms with E-state index in [-0.39, 0.29) is 6.42 Å². The third-order valence-corrected chi connectivity index (χ3v) is 3.24. The van der Waals surface area contributed by atoms with E-state index in [1.165, 1.54) is 0 Å². The molecule has 1 N–H and O–H groups in total. The van der Waals surface area contributed by atoms with Gasteiger partial charge in [0, 0.05) is 11.3 Å². The zero-order valence-corrected chi connectivity index (χ0v) is 10.8. The van der Waals surface area contributed by atoms with E-state index in [0.29, 0.717) is 17.9 Å². The summed E-state index contributed by atoms with van der Waals surface area (Å²) in [5.74, 6) is 1.41. The van der Waals surface area contributed by atoms with Crippen molar-refractivity contribution in [1.29, 1.82) is 0 Å². The first kappa shape index (κ1) is 13.7. The van der Waals surface area contributed by atoms with Crippen molar-refractivity contribution in [1.82, 2.24) is 0 Å². The summed E-state index contributed by atoms with van der Waals surface area (Å²) in [7, 11) is 3.19. The lowest BCUT2D eigenvalue weighted by atomic mass is 10.3. The lowest BCUT2D eigenvalue weighted by Crippen LogP contribution is -1.95. The maximum Gasteiger partial charge on any atom is 0.303 e. The molecule has 0 aromatic heterocycles. The summed E-state index contributed by atoms with van der Waals surface area (Å²) >= 11 is 1.61. The van der Waals surface area contributed by atoms with Gasteiger partial charge in [0.1, 0.15) is 0 Å². The number of hydrogen-bond acceptors (Lipinski definition) is 4. The lowest BCUT2D eigenvalue weighted by Gasteiger charge is -2.09. The van der Waals surface area contributed by atoms with Crippen LogP contribution in [0.3, 0.4) is 0 Å². The molecule has 0 saturated carbocycles. The molecular weight excluding hydrogens is 240 g/mol. The Balaban J connectivity index is 2.51. The minimum atomic E-state index is -0.752. The molecule has 0 amide bonds. The van der Waals surface area contributed by atoms with Crippen LogP contribution in [0.4, 0.5) is 0 Å². The Kier molecular flexibility index (Phi) is 5.69. The number of carboxylic acids is 1. The number of thioether (sulfide) groups is 1. The summed E-state index contributed by atoms with van der Waals surface area (Å²) in [6, 6.07) is 5.68. The summed E-state index contributed by atoms with van der Waals surface area (Å²) in [5, 5.41) is 8.52. The number of carboxylic acid groups (broad SMARTS) is 1. The molecule has 4 nitrogen and oxygen atoms in total. The van der Waals surface area contributed by atoms with Gasteiger partial charge >= 0.3 is 5.97 Å². The molecule has 0 fully saturated rings. The zero-order chi connectivity index (χ0) is 12.7. The van der Waals surface area contributed by atoms with Gasteiger partial charge in [-0.15, -0.1) is 11.8 Å². The first-order valence-corrected chi connectivity index (χ1v) is 6.22. The van der Waals surface area contributed by atoms with E-state index in [0.717, 1.165) is 10.6 Å². The molecule has 0 aliphatic heterocycles. The van der Waals surface area contributed by atoms with E-state index in [4.69, 9.17) is 14.6 Å². The Morgan fingerprint density at radius 1 is 1.29 bits per heavy atom. The Bertz CT molecular complexity index is 379. The van der Waals surface area contributed by atoms with E-state index in [2.05, 4.69) is 0 Å². The van der Waals surface area contributed by atoms with Gasteiger partial charge in [0.2, 0.25) is 0 Å². The fourth-order valence-corrected chi connectivity index (χ4v) is 2.20. The highest BCUT2D eigenvalue weighted by molar-refractivity contribution is 7.99. The van der Waals surface area contributed by atoms with Gasteiger partial charge in [-0.2, -0.15) is 0 Å². The molecule has 17 heavy (non-hydrogen) atoms. The topological polar surface area (TPSA) is 55.8 Å². The monoisotopic (exact) mass is 256 g/mol. The second-order valence-electron chi connectivity index (χ2n) is 3.36. The number of ether oxygens (including phenoxy) is 2. The Hall–Kier alpha value is -1.36. The predicted molar refractivity (Wildman–Crippen MR) is 67.1 cm³/mol. The molecule has 94 valence electrons. The molecule has 0 unspecified atom stereocenters. The van der Waals surface area contributed by atoms with Crippen LogP contribution in [0, 0.1) is 0 Å². The molecule has 1 rings (SSSR count). The summed E-state index contributed by atoms with van der Waals surface area (Å²) in [5.41, 5.74) is 0. The molecule has 0 saturated heterocycles. The molecule has 0 atom stereocenters. The van der Waals surface area contributed by atoms with Crippen LogP contribution in [0.25, 0.3) is 0 Å². The van der Waals surface area contributed by atoms with Crippen molar-refractivity contribution >= 4 is 17.7 Å². The van der Waals surface area contributed by atoms with Crippen molar-refractivity contribution in [3.8, 4) is 11.5 Å². The second-order valence-corrected chi connectivity index (χ2v) is 4.53. The quantitative estimate of drug-likeness (QED) is 0.600. The van der Waals surface area contributed by atoms with Crippen molar-refractivity contribution in [3.05, 3.63) is 18.2 Å². The van der Waals surface area contributed by atoms with Crippen LogP contribution in [0.1, 0.15) is 12.8 Å². The van der Waals surface area contributed by atoms with E-state index in [1.54, 1.807) is 26.0 Å². The number of benzene rings is 1. The van der Waals surface area contributed by atoms with Crippen molar-refractivity contribution in [2.75, 3.05) is 20.0 Å². The number of rotatable bonds is 7. The largest absolute Gasteiger partial charge is 0.493 e. The predicted octanol–water partition coefficient (Wildman–Crippen LogP) is 2.66. The molecule has 1 aromatic rings. The number of aliphatic carboxylic acids is 1. The minimum Gasteiger partial charge on any atom is -0.493 e. The first-order chi connectivity index (χ1) is 8.17. The van der Waals surface area contributed by atoms with E-state index in [1.807, 2.05) is 18.2 Å². The fraction of sp³-hybridized carbons (Fsp3) is 0.417. The minimum absolute atomic E-state index is 0.209. The van der Waals surface area contributed by atoms with Crippen LogP contribution in [0.15, 0.2) is 23.1 Å². The fourth-order valence-electron chi connectivity index (χ4n) is 1.32. The Labute approximate surface area is 105 Å². The summed E-state index contributed by atoms with van der Waals surface area (Å²) < 4.78 is 10.3. The van der Waals surface area contributed by atoms with E-state index < -0.39 is 5.97 Å². The second kappa shape index (κ2) is 7.06. The maximum absolute atomic E-state index is 10.3. The molecule has 0 radical (unpaired) electrons. The smallest absolute Gasteiger partial charge is 0.303 e. The average Bonchev–Trinajstić information content (AvgIpc) is 2.34. The van der Waals surface area contributed by atoms with Crippen LogP contribution >= 0.6 is 11.8 Å². The van der Waals surface area contributed by atoms with Crippen molar-refractivity contribution in [3.63, 3.8) is 0 Å². The number of hydrogen-bond donors (Lipinski definition) is 1. The van der Waals surface area contributed by atoms with Gasteiger partial charge < -0.3 is 14.6 Å². The van der Waals surface area contributed by atoms with Gasteiger partial charge in [-0.05, 0) is 30.4 Å². The van der Waals surface area contributed by atoms with Crippen molar-refractivity contribution < 1.29 is 19.4 Å². The van der Waals surface area contributed by atoms with Crippen LogP contribution < -0.4 is 9.47 Å². The number of carbonyl (C=O) groups is 1. The molecule has 5 heteroatoms. The Morgan fingerprint density at radius 2 is 2.00 bits per heavy atom. The average molecular weight is 256 g/mol. The van der Waals surface area contributed by atoms with Crippen LogP contribution in [-0.4, -0.2) is 31.0 Å². The van der Waals surface area contributed by atoms with Gasteiger partial charge in [0.15, 0.2) is 11.5 Å². The molecule has 0 aliphatic carbocycles. The van der Waals surface area contributed by atoms with E-state index in [9.17, 15) is 4.79 Å².